The second-order valence-corrected chi connectivity index (χ2v) is 7.34. The predicted molar refractivity (Wildman–Crippen MR) is 105 cm³/mol. The summed E-state index contributed by atoms with van der Waals surface area (Å²) in [5.41, 5.74) is 6.64. The predicted octanol–water partition coefficient (Wildman–Crippen LogP) is 0.952. The van der Waals surface area contributed by atoms with E-state index in [0.717, 1.165) is 43.6 Å². The first-order valence-corrected chi connectivity index (χ1v) is 10.0. The summed E-state index contributed by atoms with van der Waals surface area (Å²) in [6.45, 7) is 2.14. The van der Waals surface area contributed by atoms with E-state index >= 15 is 0 Å². The fraction of sp³-hybridized carbons (Fsp3) is 0.529. The number of nitrogens with one attached hydrogen (secondary N) is 1. The summed E-state index contributed by atoms with van der Waals surface area (Å²) in [5.74, 6) is 2.71. The smallest absolute Gasteiger partial charge is 0.222 e. The monoisotopic (exact) mass is 395 g/mol. The number of nitrogen functional groups attached to an aromatic ring is 1. The lowest BCUT2D eigenvalue weighted by Gasteiger charge is -2.33. The molecule has 3 N–H and O–H groups in total. The van der Waals surface area contributed by atoms with Gasteiger partial charge in [-0.3, -0.25) is 0 Å². The Bertz CT molecular complexity index is 873. The summed E-state index contributed by atoms with van der Waals surface area (Å²) in [4.78, 5) is 11.0. The number of rotatable bonds is 7. The Balaban J connectivity index is 1.80. The minimum Gasteiger partial charge on any atom is -0.493 e. The van der Waals surface area contributed by atoms with Gasteiger partial charge in [-0.2, -0.15) is 4.98 Å². The largest absolute Gasteiger partial charge is 0.493 e. The number of hydrogen-bond acceptors (Lipinski definition) is 8. The van der Waals surface area contributed by atoms with Crippen LogP contribution < -0.4 is 24.8 Å². The van der Waals surface area contributed by atoms with E-state index in [9.17, 15) is 8.42 Å². The Morgan fingerprint density at radius 2 is 1.85 bits per heavy atom. The van der Waals surface area contributed by atoms with Gasteiger partial charge in [0.2, 0.25) is 16.8 Å². The highest BCUT2D eigenvalue weighted by Crippen LogP contribution is 2.36. The summed E-state index contributed by atoms with van der Waals surface area (Å²) < 4.78 is 34.4. The molecule has 1 aliphatic rings. The standard InChI is InChI=1S/C17H25N5O4S/c1-25-14-9-12-13(10-15(14)26-2)20-17(18)21-16(12)22-7-4-11(5-8-22)3-6-19-27(23)24/h9-11,27H,3-8H2,1-2H3,(H2,18,20,21)(H,19,23,24). The lowest BCUT2D eigenvalue weighted by molar-refractivity contribution is 0.355. The van der Waals surface area contributed by atoms with Crippen LogP contribution in [-0.2, 0) is 10.9 Å². The number of benzene rings is 1. The molecule has 0 radical (unpaired) electrons. The summed E-state index contributed by atoms with van der Waals surface area (Å²) in [6.07, 6.45) is 2.78. The third-order valence-electron chi connectivity index (χ3n) is 4.91. The van der Waals surface area contributed by atoms with E-state index in [0.29, 0.717) is 29.5 Å². The number of fused-ring (bicyclic) bond motifs is 1. The van der Waals surface area contributed by atoms with E-state index in [4.69, 9.17) is 15.2 Å². The van der Waals surface area contributed by atoms with Crippen LogP contribution in [0.15, 0.2) is 12.1 Å². The van der Waals surface area contributed by atoms with Gasteiger partial charge in [0, 0.05) is 31.1 Å². The van der Waals surface area contributed by atoms with Crippen molar-refractivity contribution in [2.45, 2.75) is 19.3 Å². The third-order valence-corrected chi connectivity index (χ3v) is 5.39. The number of nitrogens with two attached hydrogens (primary N) is 1. The molecule has 0 saturated carbocycles. The van der Waals surface area contributed by atoms with E-state index in [1.165, 1.54) is 0 Å². The van der Waals surface area contributed by atoms with Gasteiger partial charge in [0.15, 0.2) is 11.5 Å². The van der Waals surface area contributed by atoms with Crippen LogP contribution in [0.2, 0.25) is 0 Å². The maximum Gasteiger partial charge on any atom is 0.222 e. The second kappa shape index (κ2) is 8.57. The van der Waals surface area contributed by atoms with E-state index < -0.39 is 10.9 Å². The van der Waals surface area contributed by atoms with Crippen LogP contribution in [0.4, 0.5) is 11.8 Å². The van der Waals surface area contributed by atoms with Crippen molar-refractivity contribution in [3.63, 3.8) is 0 Å². The molecule has 3 rings (SSSR count). The van der Waals surface area contributed by atoms with Crippen molar-refractivity contribution in [2.24, 2.45) is 5.92 Å². The van der Waals surface area contributed by atoms with Crippen molar-refractivity contribution in [3.8, 4) is 11.5 Å². The molecular formula is C17H25N5O4S. The molecule has 1 saturated heterocycles. The number of hydrogen-bond donors (Lipinski definition) is 3. The van der Waals surface area contributed by atoms with Crippen LogP contribution in [0.3, 0.4) is 0 Å². The van der Waals surface area contributed by atoms with Crippen molar-refractivity contribution in [2.75, 3.05) is 44.5 Å². The summed E-state index contributed by atoms with van der Waals surface area (Å²) in [5, 5.41) is 0.866. The Morgan fingerprint density at radius 1 is 1.19 bits per heavy atom. The molecule has 0 unspecified atom stereocenters. The summed E-state index contributed by atoms with van der Waals surface area (Å²) >= 11 is 0. The lowest BCUT2D eigenvalue weighted by Crippen LogP contribution is -2.35. The zero-order valence-electron chi connectivity index (χ0n) is 15.5. The minimum absolute atomic E-state index is 0.218. The van der Waals surface area contributed by atoms with Gasteiger partial charge in [0.25, 0.3) is 0 Å². The maximum atomic E-state index is 10.6. The van der Waals surface area contributed by atoms with Crippen LogP contribution >= 0.6 is 0 Å². The van der Waals surface area contributed by atoms with Crippen LogP contribution in [0.5, 0.6) is 11.5 Å². The molecule has 10 heteroatoms. The quantitative estimate of drug-likeness (QED) is 0.593. The highest BCUT2D eigenvalue weighted by atomic mass is 32.2. The van der Waals surface area contributed by atoms with Crippen molar-refractivity contribution >= 4 is 33.6 Å². The van der Waals surface area contributed by atoms with Crippen molar-refractivity contribution in [1.82, 2.24) is 14.7 Å². The van der Waals surface area contributed by atoms with Gasteiger partial charge in [-0.25, -0.2) is 18.1 Å². The Hall–Kier alpha value is -2.33. The summed E-state index contributed by atoms with van der Waals surface area (Å²) in [6, 6.07) is 3.68. The van der Waals surface area contributed by atoms with Gasteiger partial charge >= 0.3 is 0 Å². The molecule has 148 valence electrons. The highest BCUT2D eigenvalue weighted by molar-refractivity contribution is 7.70. The number of methoxy groups -OCH3 is 2. The normalized spacial score (nSPS) is 15.4. The fourth-order valence-electron chi connectivity index (χ4n) is 3.49. The molecule has 1 aromatic heterocycles. The molecule has 2 aromatic rings. The van der Waals surface area contributed by atoms with Gasteiger partial charge in [-0.05, 0) is 31.2 Å². The second-order valence-electron chi connectivity index (χ2n) is 6.51. The Kier molecular flexibility index (Phi) is 6.17. The van der Waals surface area contributed by atoms with Crippen LogP contribution in [0.25, 0.3) is 10.9 Å². The first-order chi connectivity index (χ1) is 13.0. The molecule has 0 bridgehead atoms. The highest BCUT2D eigenvalue weighted by Gasteiger charge is 2.23. The van der Waals surface area contributed by atoms with Gasteiger partial charge < -0.3 is 20.1 Å². The molecule has 9 nitrogen and oxygen atoms in total. The first-order valence-electron chi connectivity index (χ1n) is 8.84. The van der Waals surface area contributed by atoms with Crippen molar-refractivity contribution in [3.05, 3.63) is 12.1 Å². The average Bonchev–Trinajstić information content (AvgIpc) is 2.66. The number of anilines is 2. The van der Waals surface area contributed by atoms with E-state index in [2.05, 4.69) is 19.6 Å². The van der Waals surface area contributed by atoms with E-state index in [-0.39, 0.29) is 5.95 Å². The number of ether oxygens (including phenoxy) is 2. The van der Waals surface area contributed by atoms with Gasteiger partial charge in [-0.15, -0.1) is 0 Å². The SMILES string of the molecule is COc1cc2nc(N)nc(N3CCC(CCN[SH](=O)=O)CC3)c2cc1OC. The van der Waals surface area contributed by atoms with Crippen molar-refractivity contribution in [1.29, 1.82) is 0 Å². The molecule has 27 heavy (non-hydrogen) atoms. The van der Waals surface area contributed by atoms with E-state index in [1.807, 2.05) is 6.07 Å². The Morgan fingerprint density at radius 3 is 2.48 bits per heavy atom. The summed E-state index contributed by atoms with van der Waals surface area (Å²) in [7, 11) is 0.657. The van der Waals surface area contributed by atoms with Gasteiger partial charge in [0.1, 0.15) is 5.82 Å². The number of piperidine rings is 1. The van der Waals surface area contributed by atoms with Crippen LogP contribution in [0.1, 0.15) is 19.3 Å². The minimum atomic E-state index is -2.52. The maximum absolute atomic E-state index is 10.6. The lowest BCUT2D eigenvalue weighted by atomic mass is 9.93. The zero-order valence-corrected chi connectivity index (χ0v) is 16.4. The topological polar surface area (TPSA) is 120 Å². The molecule has 1 aliphatic heterocycles. The molecule has 0 aliphatic carbocycles. The number of thiol groups is 1. The molecular weight excluding hydrogens is 370 g/mol. The fourth-order valence-corrected chi connectivity index (χ4v) is 3.80. The van der Waals surface area contributed by atoms with Crippen LogP contribution in [-0.4, -0.2) is 52.2 Å². The van der Waals surface area contributed by atoms with Gasteiger partial charge in [-0.1, -0.05) is 0 Å². The number of nitrogens with zero attached hydrogens (tertiary/aromatic N) is 3. The molecule has 0 spiro atoms. The first kappa shape index (κ1) is 19.4. The Labute approximate surface area is 160 Å². The molecule has 2 heterocycles. The molecule has 1 fully saturated rings. The van der Waals surface area contributed by atoms with Gasteiger partial charge in [0.05, 0.1) is 19.7 Å². The number of aromatic nitrogens is 2. The van der Waals surface area contributed by atoms with Crippen molar-refractivity contribution < 1.29 is 17.9 Å². The average molecular weight is 395 g/mol. The van der Waals surface area contributed by atoms with E-state index in [1.54, 1.807) is 20.3 Å². The molecule has 1 aromatic carbocycles. The van der Waals surface area contributed by atoms with Crippen LogP contribution in [0, 0.1) is 5.92 Å². The molecule has 0 atom stereocenters. The zero-order chi connectivity index (χ0) is 19.4. The third kappa shape index (κ3) is 4.51. The molecule has 0 amide bonds.